The van der Waals surface area contributed by atoms with Gasteiger partial charge in [-0.25, -0.2) is 0 Å². The Kier molecular flexibility index (Phi) is 4.22. The van der Waals surface area contributed by atoms with Gasteiger partial charge in [-0.05, 0) is 59.3 Å². The Morgan fingerprint density at radius 3 is 2.80 bits per heavy atom. The van der Waals surface area contributed by atoms with Crippen LogP contribution in [0.5, 0.6) is 0 Å². The Bertz CT molecular complexity index is 635. The summed E-state index contributed by atoms with van der Waals surface area (Å²) in [6, 6.07) is 7.71. The monoisotopic (exact) mass is 349 g/mol. The van der Waals surface area contributed by atoms with Crippen LogP contribution in [0.2, 0.25) is 0 Å². The number of nitrogens with one attached hydrogen (secondary N) is 1. The summed E-state index contributed by atoms with van der Waals surface area (Å²) in [5, 5.41) is 5.02. The van der Waals surface area contributed by atoms with E-state index in [0.717, 1.165) is 28.6 Å². The van der Waals surface area contributed by atoms with Crippen molar-refractivity contribution in [1.82, 2.24) is 0 Å². The molecule has 0 spiro atoms. The molecule has 2 nitrogen and oxygen atoms in total. The quantitative estimate of drug-likeness (QED) is 0.756. The van der Waals surface area contributed by atoms with E-state index in [1.165, 1.54) is 29.7 Å². The molecule has 0 saturated heterocycles. The average Bonchev–Trinajstić information content (AvgIpc) is 2.71. The molecule has 0 aliphatic heterocycles. The maximum Gasteiger partial charge on any atom is 0.256 e. The first-order valence-corrected chi connectivity index (χ1v) is 8.58. The van der Waals surface area contributed by atoms with Gasteiger partial charge in [0.25, 0.3) is 5.91 Å². The van der Waals surface area contributed by atoms with Gasteiger partial charge in [0.05, 0.1) is 11.3 Å². The fourth-order valence-electron chi connectivity index (χ4n) is 2.61. The number of benzene rings is 1. The third-order valence-corrected chi connectivity index (χ3v) is 5.46. The Labute approximate surface area is 131 Å². The van der Waals surface area contributed by atoms with Crippen molar-refractivity contribution in [3.63, 3.8) is 0 Å². The van der Waals surface area contributed by atoms with Gasteiger partial charge in [-0.2, -0.15) is 0 Å². The van der Waals surface area contributed by atoms with Gasteiger partial charge < -0.3 is 5.32 Å². The molecule has 104 valence electrons. The number of amides is 1. The van der Waals surface area contributed by atoms with Crippen molar-refractivity contribution in [1.29, 1.82) is 0 Å². The maximum absolute atomic E-state index is 12.5. The number of thiophene rings is 1. The number of fused-ring (bicyclic) bond motifs is 1. The largest absolute Gasteiger partial charge is 0.321 e. The van der Waals surface area contributed by atoms with Crippen LogP contribution in [0.1, 0.15) is 40.1 Å². The van der Waals surface area contributed by atoms with E-state index < -0.39 is 0 Å². The zero-order valence-corrected chi connectivity index (χ0v) is 13.5. The molecule has 0 radical (unpaired) electrons. The molecular weight excluding hydrogens is 334 g/mol. The van der Waals surface area contributed by atoms with Gasteiger partial charge in [0.15, 0.2) is 0 Å². The number of para-hydroxylation sites is 1. The van der Waals surface area contributed by atoms with Gasteiger partial charge in [0, 0.05) is 14.7 Å². The fourth-order valence-corrected chi connectivity index (χ4v) is 4.12. The van der Waals surface area contributed by atoms with Gasteiger partial charge in [0.1, 0.15) is 0 Å². The van der Waals surface area contributed by atoms with E-state index in [1.54, 1.807) is 11.3 Å². The van der Waals surface area contributed by atoms with Crippen molar-refractivity contribution in [2.45, 2.75) is 32.1 Å². The lowest BCUT2D eigenvalue weighted by Gasteiger charge is -2.08. The average molecular weight is 350 g/mol. The summed E-state index contributed by atoms with van der Waals surface area (Å²) in [6.07, 6.45) is 5.88. The second kappa shape index (κ2) is 6.10. The van der Waals surface area contributed by atoms with E-state index in [0.29, 0.717) is 0 Å². The molecular formula is C16H16BrNOS. The number of anilines is 1. The molecule has 1 aromatic carbocycles. The predicted octanol–water partition coefficient (Wildman–Crippen LogP) is 5.03. The molecule has 0 bridgehead atoms. The van der Waals surface area contributed by atoms with E-state index >= 15 is 0 Å². The third kappa shape index (κ3) is 2.81. The molecule has 0 fully saturated rings. The SMILES string of the molecule is O=C(Nc1ccccc1Br)c1csc2c1CCCCC2. The normalized spacial score (nSPS) is 14.4. The molecule has 0 unspecified atom stereocenters. The summed E-state index contributed by atoms with van der Waals surface area (Å²) in [6.45, 7) is 0. The lowest BCUT2D eigenvalue weighted by Crippen LogP contribution is -2.13. The number of rotatable bonds is 2. The summed E-state index contributed by atoms with van der Waals surface area (Å²) in [7, 11) is 0. The van der Waals surface area contributed by atoms with Crippen LogP contribution in [0.4, 0.5) is 5.69 Å². The van der Waals surface area contributed by atoms with Crippen molar-refractivity contribution in [2.24, 2.45) is 0 Å². The summed E-state index contributed by atoms with van der Waals surface area (Å²) < 4.78 is 0.912. The first kappa shape index (κ1) is 13.8. The smallest absolute Gasteiger partial charge is 0.256 e. The van der Waals surface area contributed by atoms with Gasteiger partial charge in [-0.1, -0.05) is 18.6 Å². The van der Waals surface area contributed by atoms with Crippen LogP contribution in [0.25, 0.3) is 0 Å². The van der Waals surface area contributed by atoms with Crippen molar-refractivity contribution in [3.8, 4) is 0 Å². The standard InChI is InChI=1S/C16H16BrNOS/c17-13-7-4-5-8-14(13)18-16(19)12-10-20-15-9-3-1-2-6-11(12)15/h4-5,7-8,10H,1-3,6,9H2,(H,18,19). The lowest BCUT2D eigenvalue weighted by atomic mass is 10.1. The highest BCUT2D eigenvalue weighted by molar-refractivity contribution is 9.10. The number of halogens is 1. The molecule has 0 saturated carbocycles. The minimum atomic E-state index is 0.0105. The van der Waals surface area contributed by atoms with E-state index in [1.807, 2.05) is 29.6 Å². The van der Waals surface area contributed by atoms with Crippen molar-refractivity contribution in [3.05, 3.63) is 50.1 Å². The molecule has 20 heavy (non-hydrogen) atoms. The summed E-state index contributed by atoms with van der Waals surface area (Å²) in [4.78, 5) is 13.9. The number of hydrogen-bond acceptors (Lipinski definition) is 2. The maximum atomic E-state index is 12.5. The molecule has 0 atom stereocenters. The van der Waals surface area contributed by atoms with Gasteiger partial charge >= 0.3 is 0 Å². The summed E-state index contributed by atoms with van der Waals surface area (Å²) in [5.74, 6) is 0.0105. The second-order valence-electron chi connectivity index (χ2n) is 5.05. The van der Waals surface area contributed by atoms with E-state index in [-0.39, 0.29) is 5.91 Å². The van der Waals surface area contributed by atoms with Gasteiger partial charge in [-0.3, -0.25) is 4.79 Å². The predicted molar refractivity (Wildman–Crippen MR) is 87.7 cm³/mol. The lowest BCUT2D eigenvalue weighted by molar-refractivity contribution is 0.102. The third-order valence-electron chi connectivity index (χ3n) is 3.68. The van der Waals surface area contributed by atoms with E-state index in [9.17, 15) is 4.79 Å². The minimum Gasteiger partial charge on any atom is -0.321 e. The molecule has 4 heteroatoms. The molecule has 1 aliphatic carbocycles. The molecule has 1 aliphatic rings. The number of hydrogen-bond donors (Lipinski definition) is 1. The highest BCUT2D eigenvalue weighted by Gasteiger charge is 2.19. The summed E-state index contributed by atoms with van der Waals surface area (Å²) in [5.41, 5.74) is 2.96. The number of aryl methyl sites for hydroxylation is 1. The van der Waals surface area contributed by atoms with Gasteiger partial charge in [0.2, 0.25) is 0 Å². The van der Waals surface area contributed by atoms with Crippen molar-refractivity contribution < 1.29 is 4.79 Å². The zero-order chi connectivity index (χ0) is 13.9. The number of carbonyl (C=O) groups is 1. The van der Waals surface area contributed by atoms with Gasteiger partial charge in [-0.15, -0.1) is 11.3 Å². The molecule has 1 aromatic heterocycles. The molecule has 1 heterocycles. The highest BCUT2D eigenvalue weighted by Crippen LogP contribution is 2.30. The van der Waals surface area contributed by atoms with Crippen LogP contribution in [0, 0.1) is 0 Å². The Hall–Kier alpha value is -1.13. The molecule has 2 aromatic rings. The van der Waals surface area contributed by atoms with E-state index in [2.05, 4.69) is 21.2 Å². The van der Waals surface area contributed by atoms with Crippen LogP contribution in [-0.4, -0.2) is 5.91 Å². The van der Waals surface area contributed by atoms with Crippen molar-refractivity contribution >= 4 is 38.9 Å². The highest BCUT2D eigenvalue weighted by atomic mass is 79.9. The van der Waals surface area contributed by atoms with Crippen molar-refractivity contribution in [2.75, 3.05) is 5.32 Å². The topological polar surface area (TPSA) is 29.1 Å². The second-order valence-corrected chi connectivity index (χ2v) is 6.86. The summed E-state index contributed by atoms with van der Waals surface area (Å²) >= 11 is 5.20. The number of carbonyl (C=O) groups excluding carboxylic acids is 1. The van der Waals surface area contributed by atoms with Crippen LogP contribution >= 0.6 is 27.3 Å². The Morgan fingerprint density at radius 1 is 1.15 bits per heavy atom. The minimum absolute atomic E-state index is 0.0105. The Morgan fingerprint density at radius 2 is 1.95 bits per heavy atom. The fraction of sp³-hybridized carbons (Fsp3) is 0.312. The molecule has 1 amide bonds. The first-order chi connectivity index (χ1) is 9.75. The van der Waals surface area contributed by atoms with Crippen LogP contribution in [0.15, 0.2) is 34.1 Å². The molecule has 1 N–H and O–H groups in total. The molecule has 3 rings (SSSR count). The first-order valence-electron chi connectivity index (χ1n) is 6.91. The van der Waals surface area contributed by atoms with Crippen LogP contribution < -0.4 is 5.32 Å². The van der Waals surface area contributed by atoms with Crippen LogP contribution in [0.3, 0.4) is 0 Å². The van der Waals surface area contributed by atoms with Crippen LogP contribution in [-0.2, 0) is 12.8 Å². The Balaban J connectivity index is 1.85. The van der Waals surface area contributed by atoms with E-state index in [4.69, 9.17) is 0 Å². The zero-order valence-electron chi connectivity index (χ0n) is 11.1.